The van der Waals surface area contributed by atoms with E-state index in [0.29, 0.717) is 6.04 Å². The first kappa shape index (κ1) is 13.4. The van der Waals surface area contributed by atoms with Crippen molar-refractivity contribution in [3.63, 3.8) is 0 Å². The summed E-state index contributed by atoms with van der Waals surface area (Å²) in [5, 5.41) is 6.42. The maximum absolute atomic E-state index is 11.9. The van der Waals surface area contributed by atoms with Gasteiger partial charge in [0.05, 0.1) is 0 Å². The molecule has 1 aliphatic rings. The number of piperidine rings is 1. The molecular formula is C14H20N2OS. The van der Waals surface area contributed by atoms with Gasteiger partial charge >= 0.3 is 0 Å². The number of nitrogens with one attached hydrogen (secondary N) is 2. The minimum atomic E-state index is 0.0232. The molecule has 1 saturated heterocycles. The van der Waals surface area contributed by atoms with Crippen LogP contribution in [0.15, 0.2) is 29.2 Å². The SMILES string of the molecule is CSc1ccc(C(=O)NCC2CCCCN2)cc1. The number of carbonyl (C=O) groups is 1. The summed E-state index contributed by atoms with van der Waals surface area (Å²) >= 11 is 1.68. The molecule has 0 saturated carbocycles. The van der Waals surface area contributed by atoms with Gasteiger partial charge in [0.25, 0.3) is 5.91 Å². The number of rotatable bonds is 4. The average molecular weight is 264 g/mol. The third-order valence-electron chi connectivity index (χ3n) is 3.27. The molecule has 1 heterocycles. The molecule has 4 heteroatoms. The second kappa shape index (κ2) is 6.81. The molecule has 1 atom stereocenters. The van der Waals surface area contributed by atoms with Gasteiger partial charge in [-0.05, 0) is 49.9 Å². The number of hydrogen-bond acceptors (Lipinski definition) is 3. The van der Waals surface area contributed by atoms with E-state index < -0.39 is 0 Å². The summed E-state index contributed by atoms with van der Waals surface area (Å²) in [5.74, 6) is 0.0232. The fourth-order valence-electron chi connectivity index (χ4n) is 2.16. The van der Waals surface area contributed by atoms with E-state index in [1.165, 1.54) is 17.7 Å². The molecule has 98 valence electrons. The van der Waals surface area contributed by atoms with Crippen LogP contribution in [0.5, 0.6) is 0 Å². The Kier molecular flexibility index (Phi) is 5.08. The fraction of sp³-hybridized carbons (Fsp3) is 0.500. The number of thioether (sulfide) groups is 1. The zero-order chi connectivity index (χ0) is 12.8. The lowest BCUT2D eigenvalue weighted by Gasteiger charge is -2.23. The van der Waals surface area contributed by atoms with Crippen molar-refractivity contribution in [2.45, 2.75) is 30.2 Å². The van der Waals surface area contributed by atoms with Crippen LogP contribution in [0, 0.1) is 0 Å². The first-order valence-corrected chi connectivity index (χ1v) is 7.67. The van der Waals surface area contributed by atoms with Gasteiger partial charge in [0.2, 0.25) is 0 Å². The molecule has 0 bridgehead atoms. The van der Waals surface area contributed by atoms with Crippen molar-refractivity contribution in [2.75, 3.05) is 19.3 Å². The summed E-state index contributed by atoms with van der Waals surface area (Å²) in [7, 11) is 0. The molecule has 1 aromatic rings. The van der Waals surface area contributed by atoms with Gasteiger partial charge in [-0.3, -0.25) is 4.79 Å². The molecule has 3 nitrogen and oxygen atoms in total. The van der Waals surface area contributed by atoms with Crippen LogP contribution < -0.4 is 10.6 Å². The molecule has 0 aromatic heterocycles. The Balaban J connectivity index is 1.82. The Morgan fingerprint density at radius 1 is 1.39 bits per heavy atom. The van der Waals surface area contributed by atoms with Crippen LogP contribution in [0.1, 0.15) is 29.6 Å². The summed E-state index contributed by atoms with van der Waals surface area (Å²) in [6.45, 7) is 1.80. The van der Waals surface area contributed by atoms with E-state index in [-0.39, 0.29) is 5.91 Å². The van der Waals surface area contributed by atoms with Crippen molar-refractivity contribution in [3.8, 4) is 0 Å². The number of carbonyl (C=O) groups excluding carboxylic acids is 1. The van der Waals surface area contributed by atoms with Crippen LogP contribution in [-0.2, 0) is 0 Å². The highest BCUT2D eigenvalue weighted by Gasteiger charge is 2.13. The van der Waals surface area contributed by atoms with Gasteiger partial charge in [-0.25, -0.2) is 0 Å². The van der Waals surface area contributed by atoms with Crippen molar-refractivity contribution in [1.29, 1.82) is 0 Å². The number of benzene rings is 1. The van der Waals surface area contributed by atoms with Crippen molar-refractivity contribution >= 4 is 17.7 Å². The first-order chi connectivity index (χ1) is 8.79. The van der Waals surface area contributed by atoms with Crippen molar-refractivity contribution in [1.82, 2.24) is 10.6 Å². The summed E-state index contributed by atoms with van der Waals surface area (Å²) < 4.78 is 0. The van der Waals surface area contributed by atoms with E-state index in [0.717, 1.165) is 25.1 Å². The molecule has 1 aromatic carbocycles. The van der Waals surface area contributed by atoms with Gasteiger partial charge < -0.3 is 10.6 Å². The molecule has 0 aliphatic carbocycles. The minimum Gasteiger partial charge on any atom is -0.350 e. The van der Waals surface area contributed by atoms with Crippen molar-refractivity contribution in [3.05, 3.63) is 29.8 Å². The lowest BCUT2D eigenvalue weighted by molar-refractivity contribution is 0.0947. The van der Waals surface area contributed by atoms with E-state index >= 15 is 0 Å². The van der Waals surface area contributed by atoms with Crippen LogP contribution in [0.4, 0.5) is 0 Å². The third-order valence-corrected chi connectivity index (χ3v) is 4.02. The lowest BCUT2D eigenvalue weighted by atomic mass is 10.1. The van der Waals surface area contributed by atoms with Crippen LogP contribution in [0.2, 0.25) is 0 Å². The standard InChI is InChI=1S/C14H20N2OS/c1-18-13-7-5-11(6-8-13)14(17)16-10-12-4-2-3-9-15-12/h5-8,12,15H,2-4,9-10H2,1H3,(H,16,17). The Morgan fingerprint density at radius 2 is 2.17 bits per heavy atom. The second-order valence-electron chi connectivity index (χ2n) is 4.59. The Hall–Kier alpha value is -1.00. The molecule has 2 rings (SSSR count). The molecule has 1 unspecified atom stereocenters. The van der Waals surface area contributed by atoms with Crippen LogP contribution in [-0.4, -0.2) is 31.3 Å². The lowest BCUT2D eigenvalue weighted by Crippen LogP contribution is -2.43. The highest BCUT2D eigenvalue weighted by molar-refractivity contribution is 7.98. The summed E-state index contributed by atoms with van der Waals surface area (Å²) in [6, 6.07) is 8.18. The normalized spacial score (nSPS) is 19.5. The zero-order valence-electron chi connectivity index (χ0n) is 10.7. The number of amides is 1. The third kappa shape index (κ3) is 3.75. The van der Waals surface area contributed by atoms with E-state index in [4.69, 9.17) is 0 Å². The van der Waals surface area contributed by atoms with Gasteiger partial charge in [0.1, 0.15) is 0 Å². The number of hydrogen-bond donors (Lipinski definition) is 2. The van der Waals surface area contributed by atoms with Crippen LogP contribution in [0.25, 0.3) is 0 Å². The molecular weight excluding hydrogens is 244 g/mol. The van der Waals surface area contributed by atoms with Crippen LogP contribution >= 0.6 is 11.8 Å². The smallest absolute Gasteiger partial charge is 0.251 e. The van der Waals surface area contributed by atoms with Gasteiger partial charge in [-0.1, -0.05) is 6.42 Å². The topological polar surface area (TPSA) is 41.1 Å². The van der Waals surface area contributed by atoms with Gasteiger partial charge in [-0.15, -0.1) is 11.8 Å². The largest absolute Gasteiger partial charge is 0.350 e. The van der Waals surface area contributed by atoms with Crippen LogP contribution in [0.3, 0.4) is 0 Å². The zero-order valence-corrected chi connectivity index (χ0v) is 11.6. The summed E-state index contributed by atoms with van der Waals surface area (Å²) in [5.41, 5.74) is 0.739. The molecule has 1 aliphatic heterocycles. The van der Waals surface area contributed by atoms with Gasteiger partial charge in [0, 0.05) is 23.0 Å². The first-order valence-electron chi connectivity index (χ1n) is 6.45. The van der Waals surface area contributed by atoms with E-state index in [2.05, 4.69) is 10.6 Å². The summed E-state index contributed by atoms with van der Waals surface area (Å²) in [4.78, 5) is 13.1. The molecule has 1 amide bonds. The molecule has 2 N–H and O–H groups in total. The minimum absolute atomic E-state index is 0.0232. The Morgan fingerprint density at radius 3 is 2.78 bits per heavy atom. The second-order valence-corrected chi connectivity index (χ2v) is 5.47. The molecule has 0 radical (unpaired) electrons. The predicted molar refractivity (Wildman–Crippen MR) is 76.2 cm³/mol. The highest BCUT2D eigenvalue weighted by Crippen LogP contribution is 2.14. The maximum atomic E-state index is 11.9. The van der Waals surface area contributed by atoms with Crippen molar-refractivity contribution in [2.24, 2.45) is 0 Å². The summed E-state index contributed by atoms with van der Waals surface area (Å²) in [6.07, 6.45) is 5.70. The van der Waals surface area contributed by atoms with E-state index in [1.807, 2.05) is 30.5 Å². The molecule has 18 heavy (non-hydrogen) atoms. The Labute approximate surface area is 113 Å². The fourth-order valence-corrected chi connectivity index (χ4v) is 2.57. The van der Waals surface area contributed by atoms with Gasteiger partial charge in [-0.2, -0.15) is 0 Å². The maximum Gasteiger partial charge on any atom is 0.251 e. The molecule has 1 fully saturated rings. The van der Waals surface area contributed by atoms with E-state index in [9.17, 15) is 4.79 Å². The van der Waals surface area contributed by atoms with Gasteiger partial charge in [0.15, 0.2) is 0 Å². The monoisotopic (exact) mass is 264 g/mol. The highest BCUT2D eigenvalue weighted by atomic mass is 32.2. The van der Waals surface area contributed by atoms with Crippen molar-refractivity contribution < 1.29 is 4.79 Å². The predicted octanol–water partition coefficient (Wildman–Crippen LogP) is 2.28. The van der Waals surface area contributed by atoms with E-state index in [1.54, 1.807) is 11.8 Å². The quantitative estimate of drug-likeness (QED) is 0.820. The average Bonchev–Trinajstić information content (AvgIpc) is 2.46. The molecule has 0 spiro atoms. The Bertz CT molecular complexity index is 385.